The van der Waals surface area contributed by atoms with Crippen molar-refractivity contribution in [3.05, 3.63) is 65.2 Å². The van der Waals surface area contributed by atoms with E-state index in [1.165, 1.54) is 11.1 Å². The fraction of sp³-hybridized carbons (Fsp3) is 0.462. The maximum absolute atomic E-state index is 13.0. The van der Waals surface area contributed by atoms with E-state index in [2.05, 4.69) is 34.7 Å². The lowest BCUT2D eigenvalue weighted by Crippen LogP contribution is -2.35. The third-order valence-corrected chi connectivity index (χ3v) is 6.51. The Labute approximate surface area is 190 Å². The molecule has 0 radical (unpaired) electrons. The van der Waals surface area contributed by atoms with E-state index in [0.717, 1.165) is 43.7 Å². The number of ether oxygens (including phenoxy) is 1. The van der Waals surface area contributed by atoms with Crippen LogP contribution in [0.4, 0.5) is 0 Å². The molecule has 2 aromatic rings. The van der Waals surface area contributed by atoms with Crippen LogP contribution in [-0.4, -0.2) is 50.5 Å². The summed E-state index contributed by atoms with van der Waals surface area (Å²) in [5, 5.41) is 6.18. The molecule has 1 saturated heterocycles. The van der Waals surface area contributed by atoms with Gasteiger partial charge in [-0.05, 0) is 55.1 Å². The molecule has 2 atom stereocenters. The summed E-state index contributed by atoms with van der Waals surface area (Å²) in [5.41, 5.74) is 3.43. The topological polar surface area (TPSA) is 70.7 Å². The highest BCUT2D eigenvalue weighted by Crippen LogP contribution is 2.33. The second kappa shape index (κ2) is 10.2. The van der Waals surface area contributed by atoms with Gasteiger partial charge in [0.25, 0.3) is 0 Å². The van der Waals surface area contributed by atoms with Gasteiger partial charge in [-0.3, -0.25) is 9.59 Å². The minimum atomic E-state index is -0.0767. The molecule has 0 bridgehead atoms. The average Bonchev–Trinajstić information content (AvgIpc) is 3.59. The van der Waals surface area contributed by atoms with E-state index in [-0.39, 0.29) is 29.6 Å². The summed E-state index contributed by atoms with van der Waals surface area (Å²) < 4.78 is 5.20. The number of hydrogen-bond donors (Lipinski definition) is 2. The molecule has 2 aromatic carbocycles. The summed E-state index contributed by atoms with van der Waals surface area (Å²) in [6.07, 6.45) is 2.81. The van der Waals surface area contributed by atoms with Gasteiger partial charge in [0.05, 0.1) is 13.0 Å². The molecular formula is C26H33N3O3. The number of nitrogens with zero attached hydrogens (tertiary/aromatic N) is 1. The van der Waals surface area contributed by atoms with Gasteiger partial charge >= 0.3 is 0 Å². The second-order valence-corrected chi connectivity index (χ2v) is 9.06. The third kappa shape index (κ3) is 5.68. The van der Waals surface area contributed by atoms with E-state index < -0.39 is 0 Å². The Kier molecular flexibility index (Phi) is 7.10. The van der Waals surface area contributed by atoms with E-state index in [1.807, 2.05) is 36.4 Å². The first kappa shape index (κ1) is 22.3. The normalized spacial score (nSPS) is 20.7. The van der Waals surface area contributed by atoms with Gasteiger partial charge in [0.2, 0.25) is 11.8 Å². The second-order valence-electron chi connectivity index (χ2n) is 9.06. The van der Waals surface area contributed by atoms with Gasteiger partial charge in [-0.1, -0.05) is 36.4 Å². The number of nitrogens with one attached hydrogen (secondary N) is 2. The van der Waals surface area contributed by atoms with Gasteiger partial charge in [-0.25, -0.2) is 0 Å². The van der Waals surface area contributed by atoms with Crippen LogP contribution >= 0.6 is 0 Å². The first-order valence-corrected chi connectivity index (χ1v) is 11.5. The Balaban J connectivity index is 1.34. The van der Waals surface area contributed by atoms with Crippen molar-refractivity contribution < 1.29 is 14.3 Å². The van der Waals surface area contributed by atoms with Crippen LogP contribution in [0.1, 0.15) is 35.4 Å². The van der Waals surface area contributed by atoms with Crippen molar-refractivity contribution in [3.63, 3.8) is 0 Å². The van der Waals surface area contributed by atoms with E-state index in [0.29, 0.717) is 13.1 Å². The number of carbonyl (C=O) groups excluding carboxylic acids is 2. The fourth-order valence-corrected chi connectivity index (χ4v) is 4.47. The summed E-state index contributed by atoms with van der Waals surface area (Å²) in [5.74, 6) is 1.40. The van der Waals surface area contributed by atoms with Gasteiger partial charge in [0.1, 0.15) is 5.75 Å². The van der Waals surface area contributed by atoms with Crippen LogP contribution in [-0.2, 0) is 22.6 Å². The standard InChI is InChI=1S/C26H33N3O3/c1-29-16-23(21-5-3-4-19(14-21)15-28-25(30)20-8-9-20)24(17-29)26(31)27-13-12-18-6-10-22(32-2)11-7-18/h3-7,10-11,14,20,23-24H,8-9,12-13,15-17H2,1-2H3,(H,27,31)(H,28,30). The highest BCUT2D eigenvalue weighted by Gasteiger charge is 2.37. The zero-order chi connectivity index (χ0) is 22.5. The van der Waals surface area contributed by atoms with Crippen LogP contribution in [0.15, 0.2) is 48.5 Å². The quantitative estimate of drug-likeness (QED) is 0.635. The van der Waals surface area contributed by atoms with E-state index in [1.54, 1.807) is 7.11 Å². The molecule has 2 unspecified atom stereocenters. The number of likely N-dealkylation sites (tertiary alicyclic amines) is 1. The molecule has 6 heteroatoms. The molecule has 0 spiro atoms. The van der Waals surface area contributed by atoms with Crippen molar-refractivity contribution in [1.29, 1.82) is 0 Å². The predicted molar refractivity (Wildman–Crippen MR) is 124 cm³/mol. The Hall–Kier alpha value is -2.86. The van der Waals surface area contributed by atoms with Gasteiger partial charge in [-0.15, -0.1) is 0 Å². The van der Waals surface area contributed by atoms with Crippen molar-refractivity contribution in [1.82, 2.24) is 15.5 Å². The summed E-state index contributed by atoms with van der Waals surface area (Å²) in [4.78, 5) is 27.2. The molecular weight excluding hydrogens is 402 g/mol. The lowest BCUT2D eigenvalue weighted by molar-refractivity contribution is -0.125. The monoisotopic (exact) mass is 435 g/mol. The van der Waals surface area contributed by atoms with Crippen molar-refractivity contribution in [2.45, 2.75) is 31.7 Å². The molecule has 2 fully saturated rings. The smallest absolute Gasteiger partial charge is 0.225 e. The Morgan fingerprint density at radius 3 is 2.50 bits per heavy atom. The third-order valence-electron chi connectivity index (χ3n) is 6.51. The van der Waals surface area contributed by atoms with E-state index >= 15 is 0 Å². The van der Waals surface area contributed by atoms with E-state index in [4.69, 9.17) is 4.74 Å². The number of rotatable bonds is 9. The van der Waals surface area contributed by atoms with Crippen molar-refractivity contribution in [2.75, 3.05) is 33.8 Å². The maximum atomic E-state index is 13.0. The predicted octanol–water partition coefficient (Wildman–Crippen LogP) is 2.73. The van der Waals surface area contributed by atoms with Gasteiger partial charge in [0.15, 0.2) is 0 Å². The molecule has 2 aliphatic rings. The average molecular weight is 436 g/mol. The van der Waals surface area contributed by atoms with Crippen molar-refractivity contribution >= 4 is 11.8 Å². The molecule has 2 N–H and O–H groups in total. The minimum absolute atomic E-state index is 0.0767. The van der Waals surface area contributed by atoms with Crippen LogP contribution in [0.25, 0.3) is 0 Å². The van der Waals surface area contributed by atoms with Gasteiger partial charge in [0, 0.05) is 38.0 Å². The van der Waals surface area contributed by atoms with Crippen LogP contribution in [0.5, 0.6) is 5.75 Å². The molecule has 1 aliphatic heterocycles. The molecule has 1 aliphatic carbocycles. The number of benzene rings is 2. The molecule has 4 rings (SSSR count). The van der Waals surface area contributed by atoms with Crippen LogP contribution in [0, 0.1) is 11.8 Å². The number of hydrogen-bond acceptors (Lipinski definition) is 4. The Morgan fingerprint density at radius 2 is 1.78 bits per heavy atom. The SMILES string of the molecule is COc1ccc(CCNC(=O)C2CN(C)CC2c2cccc(CNC(=O)C3CC3)c2)cc1. The lowest BCUT2D eigenvalue weighted by Gasteiger charge is -2.19. The number of methoxy groups -OCH3 is 1. The highest BCUT2D eigenvalue weighted by atomic mass is 16.5. The maximum Gasteiger partial charge on any atom is 0.225 e. The van der Waals surface area contributed by atoms with Crippen molar-refractivity contribution in [3.8, 4) is 5.75 Å². The fourth-order valence-electron chi connectivity index (χ4n) is 4.47. The number of amides is 2. The molecule has 1 saturated carbocycles. The number of carbonyl (C=O) groups is 2. The molecule has 6 nitrogen and oxygen atoms in total. The van der Waals surface area contributed by atoms with E-state index in [9.17, 15) is 9.59 Å². The first-order chi connectivity index (χ1) is 15.5. The Morgan fingerprint density at radius 1 is 1.00 bits per heavy atom. The van der Waals surface area contributed by atoms with Crippen LogP contribution in [0.2, 0.25) is 0 Å². The molecule has 1 heterocycles. The first-order valence-electron chi connectivity index (χ1n) is 11.5. The van der Waals surface area contributed by atoms with Crippen molar-refractivity contribution in [2.24, 2.45) is 11.8 Å². The molecule has 2 amide bonds. The lowest BCUT2D eigenvalue weighted by atomic mass is 9.87. The zero-order valence-electron chi connectivity index (χ0n) is 19.0. The minimum Gasteiger partial charge on any atom is -0.497 e. The van der Waals surface area contributed by atoms with Gasteiger partial charge < -0.3 is 20.3 Å². The summed E-state index contributed by atoms with van der Waals surface area (Å²) >= 11 is 0. The molecule has 170 valence electrons. The molecule has 32 heavy (non-hydrogen) atoms. The van der Waals surface area contributed by atoms with Crippen LogP contribution in [0.3, 0.4) is 0 Å². The highest BCUT2D eigenvalue weighted by molar-refractivity contribution is 5.81. The van der Waals surface area contributed by atoms with Gasteiger partial charge in [-0.2, -0.15) is 0 Å². The largest absolute Gasteiger partial charge is 0.497 e. The number of likely N-dealkylation sites (N-methyl/N-ethyl adjacent to an activating group) is 1. The summed E-state index contributed by atoms with van der Waals surface area (Å²) in [7, 11) is 3.72. The summed E-state index contributed by atoms with van der Waals surface area (Å²) in [6, 6.07) is 16.3. The molecule has 0 aromatic heterocycles. The Bertz CT molecular complexity index is 940. The summed E-state index contributed by atoms with van der Waals surface area (Å²) in [6.45, 7) is 2.77. The zero-order valence-corrected chi connectivity index (χ0v) is 19.0. The van der Waals surface area contributed by atoms with Crippen LogP contribution < -0.4 is 15.4 Å².